The summed E-state index contributed by atoms with van der Waals surface area (Å²) in [6, 6.07) is 5.06. The number of nitrogens with zero attached hydrogens (tertiary/aromatic N) is 2. The molecule has 0 spiro atoms. The standard InChI is InChI=1S/C12H14Cl2N4/c1-2-3-4-16-12(17-8-15)18-11-6-9(13)5-10(14)7-11/h5-7H,2-4H2,1H3,(H2,16,17,18). The van der Waals surface area contributed by atoms with Gasteiger partial charge in [-0.25, -0.2) is 0 Å². The molecule has 0 heterocycles. The Morgan fingerprint density at radius 3 is 2.56 bits per heavy atom. The molecule has 0 aromatic heterocycles. The number of guanidine groups is 1. The summed E-state index contributed by atoms with van der Waals surface area (Å²) in [7, 11) is 0. The van der Waals surface area contributed by atoms with E-state index in [0.29, 0.717) is 28.2 Å². The Labute approximate surface area is 117 Å². The van der Waals surface area contributed by atoms with E-state index in [2.05, 4.69) is 22.5 Å². The summed E-state index contributed by atoms with van der Waals surface area (Å²) in [6.45, 7) is 2.74. The third-order valence-corrected chi connectivity index (χ3v) is 2.52. The zero-order chi connectivity index (χ0) is 13.4. The molecule has 0 bridgehead atoms. The molecule has 18 heavy (non-hydrogen) atoms. The number of halogens is 2. The van der Waals surface area contributed by atoms with Crippen molar-refractivity contribution in [1.29, 1.82) is 5.26 Å². The maximum atomic E-state index is 8.65. The first-order valence-electron chi connectivity index (χ1n) is 5.58. The summed E-state index contributed by atoms with van der Waals surface area (Å²) in [5, 5.41) is 15.1. The average Bonchev–Trinajstić information content (AvgIpc) is 2.28. The van der Waals surface area contributed by atoms with E-state index in [4.69, 9.17) is 28.5 Å². The zero-order valence-electron chi connectivity index (χ0n) is 10.0. The second-order valence-corrected chi connectivity index (χ2v) is 4.48. The molecule has 0 fully saturated rings. The molecule has 1 aromatic rings. The summed E-state index contributed by atoms with van der Waals surface area (Å²) >= 11 is 11.8. The molecule has 0 amide bonds. The highest BCUT2D eigenvalue weighted by Gasteiger charge is 2.02. The van der Waals surface area contributed by atoms with Crippen LogP contribution in [-0.4, -0.2) is 12.5 Å². The van der Waals surface area contributed by atoms with Gasteiger partial charge in [-0.2, -0.15) is 5.26 Å². The number of nitrogens with one attached hydrogen (secondary N) is 2. The van der Waals surface area contributed by atoms with E-state index in [-0.39, 0.29) is 0 Å². The van der Waals surface area contributed by atoms with Crippen molar-refractivity contribution < 1.29 is 0 Å². The van der Waals surface area contributed by atoms with E-state index in [1.165, 1.54) is 0 Å². The topological polar surface area (TPSA) is 60.2 Å². The van der Waals surface area contributed by atoms with Crippen LogP contribution in [-0.2, 0) is 0 Å². The third-order valence-electron chi connectivity index (χ3n) is 2.08. The summed E-state index contributed by atoms with van der Waals surface area (Å²) in [4.78, 5) is 4.24. The fourth-order valence-corrected chi connectivity index (χ4v) is 1.80. The summed E-state index contributed by atoms with van der Waals surface area (Å²) in [5.41, 5.74) is 0.686. The van der Waals surface area contributed by atoms with Gasteiger partial charge in [-0.3, -0.25) is 10.3 Å². The molecule has 96 valence electrons. The van der Waals surface area contributed by atoms with E-state index < -0.39 is 0 Å². The van der Waals surface area contributed by atoms with Crippen molar-refractivity contribution in [2.24, 2.45) is 4.99 Å². The van der Waals surface area contributed by atoms with E-state index in [1.807, 2.05) is 6.19 Å². The van der Waals surface area contributed by atoms with Crippen molar-refractivity contribution in [2.75, 3.05) is 11.9 Å². The minimum absolute atomic E-state index is 0.393. The maximum absolute atomic E-state index is 8.65. The Bertz CT molecular complexity index is 445. The minimum atomic E-state index is 0.393. The average molecular weight is 285 g/mol. The van der Waals surface area contributed by atoms with E-state index in [9.17, 15) is 0 Å². The summed E-state index contributed by atoms with van der Waals surface area (Å²) in [6.07, 6.45) is 3.85. The highest BCUT2D eigenvalue weighted by Crippen LogP contribution is 2.22. The molecular weight excluding hydrogens is 271 g/mol. The van der Waals surface area contributed by atoms with Crippen LogP contribution in [0.15, 0.2) is 23.2 Å². The number of hydrogen-bond acceptors (Lipinski definition) is 2. The number of hydrogen-bond donors (Lipinski definition) is 2. The first-order valence-corrected chi connectivity index (χ1v) is 6.34. The zero-order valence-corrected chi connectivity index (χ0v) is 11.5. The van der Waals surface area contributed by atoms with Crippen molar-refractivity contribution >= 4 is 34.8 Å². The highest BCUT2D eigenvalue weighted by atomic mass is 35.5. The van der Waals surface area contributed by atoms with E-state index in [0.717, 1.165) is 12.8 Å². The number of unbranched alkanes of at least 4 members (excludes halogenated alkanes) is 1. The molecule has 1 aromatic carbocycles. The molecule has 0 atom stereocenters. The molecule has 0 saturated heterocycles. The van der Waals surface area contributed by atoms with Crippen LogP contribution in [0.1, 0.15) is 19.8 Å². The van der Waals surface area contributed by atoms with Crippen LogP contribution in [0, 0.1) is 11.5 Å². The SMILES string of the molecule is CCCCN=C(NC#N)Nc1cc(Cl)cc(Cl)c1. The van der Waals surface area contributed by atoms with Crippen LogP contribution in [0.2, 0.25) is 10.0 Å². The van der Waals surface area contributed by atoms with Crippen LogP contribution in [0.5, 0.6) is 0 Å². The van der Waals surface area contributed by atoms with Gasteiger partial charge in [0.25, 0.3) is 0 Å². The van der Waals surface area contributed by atoms with Gasteiger partial charge < -0.3 is 5.32 Å². The fraction of sp³-hybridized carbons (Fsp3) is 0.333. The minimum Gasteiger partial charge on any atom is -0.325 e. The normalized spacial score (nSPS) is 10.9. The lowest BCUT2D eigenvalue weighted by atomic mass is 10.3. The first-order chi connectivity index (χ1) is 8.65. The van der Waals surface area contributed by atoms with Gasteiger partial charge in [0, 0.05) is 22.3 Å². The predicted octanol–water partition coefficient (Wildman–Crippen LogP) is 3.63. The van der Waals surface area contributed by atoms with Gasteiger partial charge in [0.05, 0.1) is 0 Å². The van der Waals surface area contributed by atoms with Crippen molar-refractivity contribution in [2.45, 2.75) is 19.8 Å². The second kappa shape index (κ2) is 7.80. The number of anilines is 1. The first kappa shape index (κ1) is 14.6. The lowest BCUT2D eigenvalue weighted by Crippen LogP contribution is -2.27. The Hall–Kier alpha value is -1.44. The molecule has 0 saturated carbocycles. The van der Waals surface area contributed by atoms with E-state index >= 15 is 0 Å². The van der Waals surface area contributed by atoms with Gasteiger partial charge in [0.1, 0.15) is 0 Å². The van der Waals surface area contributed by atoms with Crippen LogP contribution in [0.25, 0.3) is 0 Å². The molecule has 1 rings (SSSR count). The van der Waals surface area contributed by atoms with Gasteiger partial charge in [-0.05, 0) is 24.6 Å². The monoisotopic (exact) mass is 284 g/mol. The molecule has 0 aliphatic carbocycles. The van der Waals surface area contributed by atoms with Gasteiger partial charge in [-0.15, -0.1) is 0 Å². The fourth-order valence-electron chi connectivity index (χ4n) is 1.27. The van der Waals surface area contributed by atoms with Crippen molar-refractivity contribution in [3.05, 3.63) is 28.2 Å². The lowest BCUT2D eigenvalue weighted by molar-refractivity contribution is 0.805. The van der Waals surface area contributed by atoms with Crippen LogP contribution in [0.4, 0.5) is 5.69 Å². The molecule has 4 nitrogen and oxygen atoms in total. The molecule has 2 N–H and O–H groups in total. The van der Waals surface area contributed by atoms with Crippen molar-refractivity contribution in [3.63, 3.8) is 0 Å². The summed E-state index contributed by atoms with van der Waals surface area (Å²) < 4.78 is 0. The number of benzene rings is 1. The van der Waals surface area contributed by atoms with Gasteiger partial charge in [-0.1, -0.05) is 36.5 Å². The highest BCUT2D eigenvalue weighted by molar-refractivity contribution is 6.35. The molecule has 0 unspecified atom stereocenters. The van der Waals surface area contributed by atoms with Gasteiger partial charge in [0.15, 0.2) is 6.19 Å². The Morgan fingerprint density at radius 2 is 2.00 bits per heavy atom. The van der Waals surface area contributed by atoms with Crippen LogP contribution < -0.4 is 10.6 Å². The number of nitriles is 1. The van der Waals surface area contributed by atoms with Crippen molar-refractivity contribution in [3.8, 4) is 6.19 Å². The molecule has 6 heteroatoms. The largest absolute Gasteiger partial charge is 0.325 e. The molecule has 0 aliphatic heterocycles. The Morgan fingerprint density at radius 1 is 1.33 bits per heavy atom. The van der Waals surface area contributed by atoms with E-state index in [1.54, 1.807) is 18.2 Å². The smallest absolute Gasteiger partial charge is 0.209 e. The maximum Gasteiger partial charge on any atom is 0.209 e. The van der Waals surface area contributed by atoms with Crippen molar-refractivity contribution in [1.82, 2.24) is 5.32 Å². The third kappa shape index (κ3) is 5.26. The molecular formula is C12H14Cl2N4. The Balaban J connectivity index is 2.76. The van der Waals surface area contributed by atoms with Crippen LogP contribution >= 0.6 is 23.2 Å². The van der Waals surface area contributed by atoms with Crippen LogP contribution in [0.3, 0.4) is 0 Å². The summed E-state index contributed by atoms with van der Waals surface area (Å²) in [5.74, 6) is 0.393. The Kier molecular flexibility index (Phi) is 6.34. The molecule has 0 radical (unpaired) electrons. The lowest BCUT2D eigenvalue weighted by Gasteiger charge is -2.08. The molecule has 0 aliphatic rings. The second-order valence-electron chi connectivity index (χ2n) is 3.60. The number of aliphatic imine (C=N–C) groups is 1. The predicted molar refractivity (Wildman–Crippen MR) is 76.0 cm³/mol. The number of rotatable bonds is 4. The quantitative estimate of drug-likeness (QED) is 0.292. The van der Waals surface area contributed by atoms with Gasteiger partial charge in [0.2, 0.25) is 5.96 Å². The van der Waals surface area contributed by atoms with Gasteiger partial charge >= 0.3 is 0 Å².